The maximum atomic E-state index is 5.48. The molecule has 0 saturated heterocycles. The van der Waals surface area contributed by atoms with Crippen LogP contribution in [0.1, 0.15) is 38.7 Å². The minimum Gasteiger partial charge on any atom is -0.478 e. The highest BCUT2D eigenvalue weighted by molar-refractivity contribution is 14.0. The van der Waals surface area contributed by atoms with Crippen molar-refractivity contribution in [3.05, 3.63) is 36.0 Å². The summed E-state index contributed by atoms with van der Waals surface area (Å²) in [5, 5.41) is 6.74. The highest BCUT2D eigenvalue weighted by atomic mass is 127. The number of hydrogen-bond donors (Lipinski definition) is 2. The Kier molecular flexibility index (Phi) is 9.66. The van der Waals surface area contributed by atoms with Gasteiger partial charge in [0.25, 0.3) is 0 Å². The average Bonchev–Trinajstić information content (AvgIpc) is 3.05. The van der Waals surface area contributed by atoms with Gasteiger partial charge in [0.2, 0.25) is 5.88 Å². The molecule has 6 heteroatoms. The third kappa shape index (κ3) is 7.20. The normalized spacial score (nSPS) is 14.4. The van der Waals surface area contributed by atoms with E-state index in [-0.39, 0.29) is 24.0 Å². The summed E-state index contributed by atoms with van der Waals surface area (Å²) in [5.41, 5.74) is 1.07. The molecule has 1 aliphatic carbocycles. The lowest BCUT2D eigenvalue weighted by atomic mass is 10.2. The fraction of sp³-hybridized carbons (Fsp3) is 0.529. The minimum absolute atomic E-state index is 0. The average molecular weight is 430 g/mol. The summed E-state index contributed by atoms with van der Waals surface area (Å²) in [6.45, 7) is 6.32. The molecule has 1 heterocycles. The van der Waals surface area contributed by atoms with Crippen molar-refractivity contribution in [2.45, 2.75) is 45.7 Å². The van der Waals surface area contributed by atoms with Crippen molar-refractivity contribution in [3.8, 4) is 5.88 Å². The van der Waals surface area contributed by atoms with Crippen LogP contribution in [0.4, 0.5) is 0 Å². The zero-order valence-corrected chi connectivity index (χ0v) is 16.2. The van der Waals surface area contributed by atoms with E-state index < -0.39 is 0 Å². The van der Waals surface area contributed by atoms with E-state index in [4.69, 9.17) is 4.74 Å². The SMILES string of the molecule is CCCOc1ccc(CN=C(NCC)NC2CC=CC2)cn1.I. The second-order valence-corrected chi connectivity index (χ2v) is 5.33. The summed E-state index contributed by atoms with van der Waals surface area (Å²) in [7, 11) is 0. The molecule has 0 radical (unpaired) electrons. The Bertz CT molecular complexity index is 494. The van der Waals surface area contributed by atoms with Gasteiger partial charge in [-0.3, -0.25) is 0 Å². The first-order valence-electron chi connectivity index (χ1n) is 8.09. The van der Waals surface area contributed by atoms with Crippen LogP contribution < -0.4 is 15.4 Å². The molecule has 1 aromatic rings. The number of aliphatic imine (C=N–C) groups is 1. The largest absolute Gasteiger partial charge is 0.478 e. The summed E-state index contributed by atoms with van der Waals surface area (Å²) in [6, 6.07) is 4.38. The predicted octanol–water partition coefficient (Wildman–Crippen LogP) is 3.26. The number of guanidine groups is 1. The zero-order valence-electron chi connectivity index (χ0n) is 13.9. The van der Waals surface area contributed by atoms with Gasteiger partial charge in [-0.15, -0.1) is 24.0 Å². The van der Waals surface area contributed by atoms with E-state index in [1.54, 1.807) is 0 Å². The van der Waals surface area contributed by atoms with Gasteiger partial charge in [-0.05, 0) is 31.7 Å². The van der Waals surface area contributed by atoms with E-state index in [2.05, 4.69) is 46.6 Å². The van der Waals surface area contributed by atoms with Crippen molar-refractivity contribution >= 4 is 29.9 Å². The van der Waals surface area contributed by atoms with Crippen LogP contribution in [-0.2, 0) is 6.54 Å². The standard InChI is InChI=1S/C17H26N4O.HI/c1-3-11-22-16-10-9-14(12-19-16)13-20-17(18-4-2)21-15-7-5-6-8-15;/h5-6,9-10,12,15H,3-4,7-8,11,13H2,1-2H3,(H2,18,20,21);1H. The van der Waals surface area contributed by atoms with Crippen LogP contribution in [0.15, 0.2) is 35.5 Å². The fourth-order valence-corrected chi connectivity index (χ4v) is 2.22. The number of ether oxygens (including phenoxy) is 1. The van der Waals surface area contributed by atoms with Crippen molar-refractivity contribution in [1.82, 2.24) is 15.6 Å². The van der Waals surface area contributed by atoms with Gasteiger partial charge in [-0.25, -0.2) is 9.98 Å². The van der Waals surface area contributed by atoms with E-state index in [0.717, 1.165) is 37.3 Å². The van der Waals surface area contributed by atoms with Gasteiger partial charge in [0.1, 0.15) is 0 Å². The van der Waals surface area contributed by atoms with Gasteiger partial charge in [-0.2, -0.15) is 0 Å². The van der Waals surface area contributed by atoms with Crippen LogP contribution >= 0.6 is 24.0 Å². The van der Waals surface area contributed by atoms with Gasteiger partial charge >= 0.3 is 0 Å². The van der Waals surface area contributed by atoms with Gasteiger partial charge in [0.05, 0.1) is 13.2 Å². The van der Waals surface area contributed by atoms with Crippen molar-refractivity contribution in [2.24, 2.45) is 4.99 Å². The smallest absolute Gasteiger partial charge is 0.213 e. The Morgan fingerprint density at radius 2 is 2.09 bits per heavy atom. The van der Waals surface area contributed by atoms with E-state index in [0.29, 0.717) is 25.1 Å². The molecule has 1 aromatic heterocycles. The Morgan fingerprint density at radius 1 is 1.30 bits per heavy atom. The van der Waals surface area contributed by atoms with Crippen LogP contribution in [0.3, 0.4) is 0 Å². The van der Waals surface area contributed by atoms with Gasteiger partial charge < -0.3 is 15.4 Å². The van der Waals surface area contributed by atoms with Crippen LogP contribution in [0.5, 0.6) is 5.88 Å². The molecule has 23 heavy (non-hydrogen) atoms. The van der Waals surface area contributed by atoms with Crippen molar-refractivity contribution in [1.29, 1.82) is 0 Å². The highest BCUT2D eigenvalue weighted by Crippen LogP contribution is 2.10. The molecule has 0 spiro atoms. The first kappa shape index (κ1) is 19.7. The van der Waals surface area contributed by atoms with E-state index in [1.165, 1.54) is 0 Å². The Labute approximate surface area is 156 Å². The zero-order chi connectivity index (χ0) is 15.6. The lowest BCUT2D eigenvalue weighted by Crippen LogP contribution is -2.42. The van der Waals surface area contributed by atoms with E-state index >= 15 is 0 Å². The molecule has 0 aromatic carbocycles. The molecule has 0 amide bonds. The van der Waals surface area contributed by atoms with E-state index in [1.807, 2.05) is 18.3 Å². The molecule has 0 bridgehead atoms. The molecule has 2 N–H and O–H groups in total. The quantitative estimate of drug-likeness (QED) is 0.302. The number of rotatable bonds is 7. The van der Waals surface area contributed by atoms with Gasteiger partial charge in [-0.1, -0.05) is 25.1 Å². The minimum atomic E-state index is 0. The van der Waals surface area contributed by atoms with Crippen LogP contribution in [0.25, 0.3) is 0 Å². The molecule has 5 nitrogen and oxygen atoms in total. The molecule has 0 saturated carbocycles. The monoisotopic (exact) mass is 430 g/mol. The highest BCUT2D eigenvalue weighted by Gasteiger charge is 2.11. The number of halogens is 1. The van der Waals surface area contributed by atoms with Gasteiger partial charge in [0.15, 0.2) is 5.96 Å². The Balaban J connectivity index is 0.00000264. The summed E-state index contributed by atoms with van der Waals surface area (Å²) in [4.78, 5) is 8.93. The number of pyridine rings is 1. The Hall–Kier alpha value is -1.31. The summed E-state index contributed by atoms with van der Waals surface area (Å²) in [6.07, 6.45) is 9.36. The van der Waals surface area contributed by atoms with Crippen molar-refractivity contribution in [3.63, 3.8) is 0 Å². The van der Waals surface area contributed by atoms with Crippen molar-refractivity contribution < 1.29 is 4.74 Å². The lowest BCUT2D eigenvalue weighted by Gasteiger charge is -2.16. The Morgan fingerprint density at radius 3 is 2.70 bits per heavy atom. The number of aromatic nitrogens is 1. The summed E-state index contributed by atoms with van der Waals surface area (Å²) in [5.74, 6) is 1.54. The van der Waals surface area contributed by atoms with Crippen molar-refractivity contribution in [2.75, 3.05) is 13.2 Å². The third-order valence-corrected chi connectivity index (χ3v) is 3.36. The molecule has 0 unspecified atom stereocenters. The number of nitrogens with one attached hydrogen (secondary N) is 2. The number of nitrogens with zero attached hydrogens (tertiary/aromatic N) is 2. The van der Waals surface area contributed by atoms with Crippen LogP contribution in [0, 0.1) is 0 Å². The van der Waals surface area contributed by atoms with E-state index in [9.17, 15) is 0 Å². The summed E-state index contributed by atoms with van der Waals surface area (Å²) < 4.78 is 5.48. The second-order valence-electron chi connectivity index (χ2n) is 5.33. The molecule has 0 atom stereocenters. The predicted molar refractivity (Wildman–Crippen MR) is 106 cm³/mol. The first-order chi connectivity index (χ1) is 10.8. The molecule has 2 rings (SSSR count). The third-order valence-electron chi connectivity index (χ3n) is 3.36. The maximum Gasteiger partial charge on any atom is 0.213 e. The molecule has 0 aliphatic heterocycles. The second kappa shape index (κ2) is 11.3. The van der Waals surface area contributed by atoms with Crippen LogP contribution in [0.2, 0.25) is 0 Å². The summed E-state index contributed by atoms with van der Waals surface area (Å²) >= 11 is 0. The maximum absolute atomic E-state index is 5.48. The first-order valence-corrected chi connectivity index (χ1v) is 8.09. The fourth-order valence-electron chi connectivity index (χ4n) is 2.22. The topological polar surface area (TPSA) is 58.5 Å². The number of hydrogen-bond acceptors (Lipinski definition) is 3. The van der Waals surface area contributed by atoms with Gasteiger partial charge in [0, 0.05) is 24.8 Å². The molecule has 128 valence electrons. The molecule has 0 fully saturated rings. The molecular weight excluding hydrogens is 403 g/mol. The molecule has 1 aliphatic rings. The lowest BCUT2D eigenvalue weighted by molar-refractivity contribution is 0.305. The van der Waals surface area contributed by atoms with Crippen LogP contribution in [-0.4, -0.2) is 30.1 Å². The molecular formula is C17H27IN4O.